The molecule has 0 aromatic carbocycles. The van der Waals surface area contributed by atoms with Crippen molar-refractivity contribution in [1.29, 1.82) is 0 Å². The zero-order chi connectivity index (χ0) is 11.4. The summed E-state index contributed by atoms with van der Waals surface area (Å²) in [6, 6.07) is 0. The molecule has 1 saturated heterocycles. The third kappa shape index (κ3) is 1.04. The van der Waals surface area contributed by atoms with Gasteiger partial charge in [-0.2, -0.15) is 0 Å². The molecule has 4 atom stereocenters. The summed E-state index contributed by atoms with van der Waals surface area (Å²) in [4.78, 5) is 23.3. The van der Waals surface area contributed by atoms with Crippen LogP contribution in [-0.2, 0) is 23.8 Å². The highest BCUT2D eigenvalue weighted by Crippen LogP contribution is 2.59. The first-order valence-electron chi connectivity index (χ1n) is 5.25. The fourth-order valence-electron chi connectivity index (χ4n) is 3.03. The van der Waals surface area contributed by atoms with Crippen LogP contribution in [0.3, 0.4) is 0 Å². The van der Waals surface area contributed by atoms with Crippen LogP contribution >= 0.6 is 0 Å². The second-order valence-electron chi connectivity index (χ2n) is 4.32. The average Bonchev–Trinajstić information content (AvgIpc) is 2.93. The van der Waals surface area contributed by atoms with Crippen LogP contribution in [0.5, 0.6) is 0 Å². The minimum atomic E-state index is -0.429. The molecule has 0 aromatic rings. The fourth-order valence-corrected chi connectivity index (χ4v) is 3.03. The Morgan fingerprint density at radius 2 is 1.50 bits per heavy atom. The first-order valence-corrected chi connectivity index (χ1v) is 5.25. The number of methoxy groups -OCH3 is 2. The molecular weight excluding hydrogens is 212 g/mol. The standard InChI is InChI=1S/C11H12O5/c1-14-10(12)6-4-3-5(9-8(4)16-9)7(6)11(13)15-2/h4-5,8-9H,3H2,1-2H3/t4-,5-,8-,9+/m1/s1. The molecule has 5 nitrogen and oxygen atoms in total. The van der Waals surface area contributed by atoms with Crippen molar-refractivity contribution in [1.82, 2.24) is 0 Å². The first kappa shape index (κ1) is 9.84. The van der Waals surface area contributed by atoms with Gasteiger partial charge < -0.3 is 14.2 Å². The highest BCUT2D eigenvalue weighted by Gasteiger charge is 2.65. The van der Waals surface area contributed by atoms with Crippen molar-refractivity contribution in [3.05, 3.63) is 11.1 Å². The predicted molar refractivity (Wildman–Crippen MR) is 51.3 cm³/mol. The lowest BCUT2D eigenvalue weighted by Gasteiger charge is -2.13. The Bertz CT molecular complexity index is 375. The Labute approximate surface area is 92.3 Å². The Kier molecular flexibility index (Phi) is 1.89. The Balaban J connectivity index is 2.03. The van der Waals surface area contributed by atoms with Crippen molar-refractivity contribution in [2.24, 2.45) is 11.8 Å². The Morgan fingerprint density at radius 3 is 1.88 bits per heavy atom. The van der Waals surface area contributed by atoms with Gasteiger partial charge in [-0.05, 0) is 6.42 Å². The third-order valence-corrected chi connectivity index (χ3v) is 3.70. The van der Waals surface area contributed by atoms with Crippen molar-refractivity contribution in [3.8, 4) is 0 Å². The molecule has 16 heavy (non-hydrogen) atoms. The van der Waals surface area contributed by atoms with E-state index in [0.717, 1.165) is 6.42 Å². The molecule has 1 aliphatic heterocycles. The summed E-state index contributed by atoms with van der Waals surface area (Å²) >= 11 is 0. The minimum Gasteiger partial charge on any atom is -0.466 e. The zero-order valence-corrected chi connectivity index (χ0v) is 9.06. The molecule has 1 heterocycles. The van der Waals surface area contributed by atoms with Gasteiger partial charge in [0.2, 0.25) is 0 Å². The van der Waals surface area contributed by atoms with Crippen LogP contribution in [0.15, 0.2) is 11.1 Å². The molecule has 2 fully saturated rings. The van der Waals surface area contributed by atoms with Gasteiger partial charge in [-0.1, -0.05) is 0 Å². The van der Waals surface area contributed by atoms with Gasteiger partial charge in [-0.25, -0.2) is 9.59 Å². The molecule has 0 radical (unpaired) electrons. The molecule has 0 unspecified atom stereocenters. The van der Waals surface area contributed by atoms with E-state index in [9.17, 15) is 9.59 Å². The van der Waals surface area contributed by atoms with Crippen LogP contribution in [-0.4, -0.2) is 38.4 Å². The minimum absolute atomic E-state index is 0.0246. The molecule has 1 saturated carbocycles. The van der Waals surface area contributed by atoms with Crippen molar-refractivity contribution in [3.63, 3.8) is 0 Å². The van der Waals surface area contributed by atoms with Crippen molar-refractivity contribution in [2.45, 2.75) is 18.6 Å². The van der Waals surface area contributed by atoms with E-state index < -0.39 is 11.9 Å². The normalized spacial score (nSPS) is 38.4. The summed E-state index contributed by atoms with van der Waals surface area (Å²) in [7, 11) is 2.64. The average molecular weight is 224 g/mol. The Morgan fingerprint density at radius 1 is 1.06 bits per heavy atom. The number of rotatable bonds is 2. The summed E-state index contributed by atoms with van der Waals surface area (Å²) in [6.45, 7) is 0. The molecule has 5 heteroatoms. The lowest BCUT2D eigenvalue weighted by Crippen LogP contribution is -2.23. The molecule has 2 aliphatic carbocycles. The quantitative estimate of drug-likeness (QED) is 0.489. The first-order chi connectivity index (χ1) is 7.69. The van der Waals surface area contributed by atoms with E-state index in [1.807, 2.05) is 0 Å². The number of hydrogen-bond acceptors (Lipinski definition) is 5. The zero-order valence-electron chi connectivity index (χ0n) is 9.06. The monoisotopic (exact) mass is 224 g/mol. The summed E-state index contributed by atoms with van der Waals surface area (Å²) in [6.07, 6.45) is 1.05. The maximum Gasteiger partial charge on any atom is 0.334 e. The van der Waals surface area contributed by atoms with Gasteiger partial charge in [0.15, 0.2) is 0 Å². The number of hydrogen-bond donors (Lipinski definition) is 0. The summed E-state index contributed by atoms with van der Waals surface area (Å²) < 4.78 is 14.9. The second-order valence-corrected chi connectivity index (χ2v) is 4.32. The molecule has 0 aromatic heterocycles. The van der Waals surface area contributed by atoms with Gasteiger partial charge in [0, 0.05) is 11.8 Å². The van der Waals surface area contributed by atoms with Gasteiger partial charge in [-0.3, -0.25) is 0 Å². The second kappa shape index (κ2) is 3.07. The number of carbonyl (C=O) groups excluding carboxylic acids is 2. The highest BCUT2D eigenvalue weighted by molar-refractivity contribution is 6.03. The molecular formula is C11H12O5. The molecule has 3 aliphatic rings. The molecule has 3 rings (SSSR count). The van der Waals surface area contributed by atoms with E-state index in [1.165, 1.54) is 14.2 Å². The largest absolute Gasteiger partial charge is 0.466 e. The van der Waals surface area contributed by atoms with E-state index in [4.69, 9.17) is 14.2 Å². The maximum absolute atomic E-state index is 11.7. The van der Waals surface area contributed by atoms with Crippen LogP contribution in [0, 0.1) is 11.8 Å². The molecule has 0 spiro atoms. The fraction of sp³-hybridized carbons (Fsp3) is 0.636. The van der Waals surface area contributed by atoms with Crippen molar-refractivity contribution < 1.29 is 23.8 Å². The molecule has 0 N–H and O–H groups in total. The van der Waals surface area contributed by atoms with E-state index in [-0.39, 0.29) is 24.0 Å². The number of esters is 2. The van der Waals surface area contributed by atoms with Crippen LogP contribution in [0.1, 0.15) is 6.42 Å². The van der Waals surface area contributed by atoms with Crippen LogP contribution in [0.4, 0.5) is 0 Å². The predicted octanol–water partition coefficient (Wildman–Crippen LogP) is 0.0461. The summed E-state index contributed by atoms with van der Waals surface area (Å²) in [5.41, 5.74) is 0.941. The third-order valence-electron chi connectivity index (χ3n) is 3.70. The summed E-state index contributed by atoms with van der Waals surface area (Å²) in [5.74, 6) is -0.809. The number of epoxide rings is 1. The SMILES string of the molecule is COC(=O)C1=C(C(=O)OC)[C@H]2C[C@H]1[C@@H]1O[C@@H]12. The van der Waals surface area contributed by atoms with E-state index in [1.54, 1.807) is 0 Å². The van der Waals surface area contributed by atoms with Gasteiger partial charge in [0.05, 0.1) is 37.6 Å². The lowest BCUT2D eigenvalue weighted by atomic mass is 9.92. The van der Waals surface area contributed by atoms with Gasteiger partial charge in [-0.15, -0.1) is 0 Å². The molecule has 86 valence electrons. The van der Waals surface area contributed by atoms with Crippen LogP contribution in [0.2, 0.25) is 0 Å². The van der Waals surface area contributed by atoms with Crippen LogP contribution in [0.25, 0.3) is 0 Å². The number of ether oxygens (including phenoxy) is 3. The van der Waals surface area contributed by atoms with Gasteiger partial charge in [0.25, 0.3) is 0 Å². The number of fused-ring (bicyclic) bond motifs is 5. The van der Waals surface area contributed by atoms with E-state index in [2.05, 4.69) is 0 Å². The van der Waals surface area contributed by atoms with E-state index in [0.29, 0.717) is 11.1 Å². The maximum atomic E-state index is 11.7. The molecule has 0 amide bonds. The lowest BCUT2D eigenvalue weighted by molar-refractivity contribution is -0.139. The van der Waals surface area contributed by atoms with Gasteiger partial charge >= 0.3 is 11.9 Å². The smallest absolute Gasteiger partial charge is 0.334 e. The highest BCUT2D eigenvalue weighted by atomic mass is 16.6. The van der Waals surface area contributed by atoms with Crippen molar-refractivity contribution >= 4 is 11.9 Å². The van der Waals surface area contributed by atoms with E-state index >= 15 is 0 Å². The number of carbonyl (C=O) groups is 2. The van der Waals surface area contributed by atoms with Crippen molar-refractivity contribution in [2.75, 3.05) is 14.2 Å². The topological polar surface area (TPSA) is 65.1 Å². The Hall–Kier alpha value is -1.36. The van der Waals surface area contributed by atoms with Gasteiger partial charge in [0.1, 0.15) is 0 Å². The molecule has 2 bridgehead atoms. The summed E-state index contributed by atoms with van der Waals surface area (Å²) in [5, 5.41) is 0. The van der Waals surface area contributed by atoms with Crippen LogP contribution < -0.4 is 0 Å².